The Labute approximate surface area is 146 Å². The van der Waals surface area contributed by atoms with Gasteiger partial charge in [0.2, 0.25) is 0 Å². The van der Waals surface area contributed by atoms with E-state index in [1.165, 1.54) is 12.1 Å². The number of imidazole rings is 1. The van der Waals surface area contributed by atoms with E-state index in [-0.39, 0.29) is 12.1 Å². The van der Waals surface area contributed by atoms with Crippen LogP contribution < -0.4 is 11.1 Å². The Morgan fingerprint density at radius 3 is 2.73 bits per heavy atom. The molecule has 0 radical (unpaired) electrons. The maximum atomic E-state index is 12.8. The lowest BCUT2D eigenvalue weighted by Crippen LogP contribution is -2.29. The number of rotatable bonds is 2. The number of urea groups is 1. The van der Waals surface area contributed by atoms with Crippen LogP contribution in [0.2, 0.25) is 0 Å². The number of nitrogens with two attached hydrogens (primary N) is 1. The number of primary amides is 1. The van der Waals surface area contributed by atoms with Gasteiger partial charge in [-0.3, -0.25) is 4.40 Å². The van der Waals surface area contributed by atoms with E-state index in [4.69, 9.17) is 5.73 Å². The first kappa shape index (κ1) is 17.4. The van der Waals surface area contributed by atoms with Gasteiger partial charge in [-0.25, -0.2) is 9.78 Å². The molecule has 0 aliphatic carbocycles. The normalized spacial score (nSPS) is 11.0. The predicted octanol–water partition coefficient (Wildman–Crippen LogP) is 2.92. The lowest BCUT2D eigenvalue weighted by molar-refractivity contribution is -0.137. The number of aromatic nitrogens is 2. The molecule has 0 fully saturated rings. The third-order valence-electron chi connectivity index (χ3n) is 3.55. The average Bonchev–Trinajstić information content (AvgIpc) is 2.95. The van der Waals surface area contributed by atoms with Crippen LogP contribution >= 0.6 is 0 Å². The fourth-order valence-electron chi connectivity index (χ4n) is 2.38. The number of hydrogen-bond acceptors (Lipinski definition) is 2. The molecule has 0 saturated heterocycles. The fourth-order valence-corrected chi connectivity index (χ4v) is 2.38. The maximum absolute atomic E-state index is 12.8. The van der Waals surface area contributed by atoms with Crippen LogP contribution in [0.15, 0.2) is 48.7 Å². The second-order valence-electron chi connectivity index (χ2n) is 5.38. The number of carbonyl (C=O) groups excluding carboxylic acids is 1. The van der Waals surface area contributed by atoms with Crippen LogP contribution in [-0.2, 0) is 12.7 Å². The number of benzene rings is 1. The van der Waals surface area contributed by atoms with Crippen molar-refractivity contribution >= 4 is 11.7 Å². The summed E-state index contributed by atoms with van der Waals surface area (Å²) in [5.41, 5.74) is 6.07. The van der Waals surface area contributed by atoms with Crippen molar-refractivity contribution in [1.29, 1.82) is 0 Å². The van der Waals surface area contributed by atoms with Crippen LogP contribution in [-0.4, -0.2) is 15.4 Å². The Morgan fingerprint density at radius 2 is 2.00 bits per heavy atom. The highest BCUT2D eigenvalue weighted by Crippen LogP contribution is 2.29. The minimum atomic E-state index is -4.43. The van der Waals surface area contributed by atoms with Gasteiger partial charge in [0.15, 0.2) is 0 Å². The van der Waals surface area contributed by atoms with Gasteiger partial charge in [-0.1, -0.05) is 18.1 Å². The minimum Gasteiger partial charge on any atom is -0.352 e. The molecule has 0 bridgehead atoms. The number of halogens is 3. The monoisotopic (exact) mass is 358 g/mol. The molecule has 3 rings (SSSR count). The number of alkyl halides is 3. The lowest BCUT2D eigenvalue weighted by Gasteiger charge is -2.05. The molecular weight excluding hydrogens is 345 g/mol. The van der Waals surface area contributed by atoms with E-state index >= 15 is 0 Å². The SMILES string of the molecule is NC(=O)NCc1nc2ccccn2c1C#Cc1cccc(C(F)(F)F)c1. The summed E-state index contributed by atoms with van der Waals surface area (Å²) in [4.78, 5) is 15.3. The molecule has 8 heteroatoms. The smallest absolute Gasteiger partial charge is 0.352 e. The highest BCUT2D eigenvalue weighted by atomic mass is 19.4. The molecule has 0 atom stereocenters. The van der Waals surface area contributed by atoms with E-state index in [2.05, 4.69) is 22.1 Å². The zero-order valence-corrected chi connectivity index (χ0v) is 13.3. The number of nitrogens with zero attached hydrogens (tertiary/aromatic N) is 2. The molecule has 132 valence electrons. The molecule has 0 spiro atoms. The van der Waals surface area contributed by atoms with Crippen LogP contribution in [0.5, 0.6) is 0 Å². The van der Waals surface area contributed by atoms with Crippen molar-refractivity contribution in [2.45, 2.75) is 12.7 Å². The molecule has 2 amide bonds. The first-order chi connectivity index (χ1) is 12.3. The molecule has 2 aromatic heterocycles. The third-order valence-corrected chi connectivity index (χ3v) is 3.55. The van der Waals surface area contributed by atoms with Crippen molar-refractivity contribution in [1.82, 2.24) is 14.7 Å². The average molecular weight is 358 g/mol. The topological polar surface area (TPSA) is 72.4 Å². The number of fused-ring (bicyclic) bond motifs is 1. The van der Waals surface area contributed by atoms with Gasteiger partial charge in [0, 0.05) is 11.8 Å². The number of hydrogen-bond donors (Lipinski definition) is 2. The summed E-state index contributed by atoms with van der Waals surface area (Å²) >= 11 is 0. The number of carbonyl (C=O) groups is 1. The Hall–Kier alpha value is -3.47. The summed E-state index contributed by atoms with van der Waals surface area (Å²) in [5.74, 6) is 5.57. The van der Waals surface area contributed by atoms with E-state index in [1.807, 2.05) is 0 Å². The van der Waals surface area contributed by atoms with E-state index in [0.717, 1.165) is 12.1 Å². The van der Waals surface area contributed by atoms with Crippen molar-refractivity contribution in [2.75, 3.05) is 0 Å². The largest absolute Gasteiger partial charge is 0.416 e. The van der Waals surface area contributed by atoms with Crippen molar-refractivity contribution in [3.8, 4) is 11.8 Å². The Balaban J connectivity index is 2.02. The molecule has 0 aliphatic rings. The van der Waals surface area contributed by atoms with Gasteiger partial charge in [-0.15, -0.1) is 0 Å². The summed E-state index contributed by atoms with van der Waals surface area (Å²) in [6.07, 6.45) is -2.70. The molecule has 2 heterocycles. The second kappa shape index (κ2) is 6.80. The molecule has 3 aromatic rings. The summed E-state index contributed by atoms with van der Waals surface area (Å²) in [7, 11) is 0. The van der Waals surface area contributed by atoms with E-state index in [1.54, 1.807) is 28.8 Å². The van der Waals surface area contributed by atoms with Gasteiger partial charge >= 0.3 is 12.2 Å². The zero-order chi connectivity index (χ0) is 18.7. The minimum absolute atomic E-state index is 0.0591. The maximum Gasteiger partial charge on any atom is 0.416 e. The zero-order valence-electron chi connectivity index (χ0n) is 13.3. The molecule has 0 aliphatic heterocycles. The van der Waals surface area contributed by atoms with E-state index in [0.29, 0.717) is 17.0 Å². The Bertz CT molecular complexity index is 1030. The molecule has 5 nitrogen and oxygen atoms in total. The first-order valence-electron chi connectivity index (χ1n) is 7.53. The quantitative estimate of drug-likeness (QED) is 0.692. The van der Waals surface area contributed by atoms with Gasteiger partial charge in [0.1, 0.15) is 11.3 Å². The Morgan fingerprint density at radius 1 is 1.19 bits per heavy atom. The summed E-state index contributed by atoms with van der Waals surface area (Å²) < 4.78 is 40.1. The van der Waals surface area contributed by atoms with Crippen LogP contribution in [0.1, 0.15) is 22.5 Å². The van der Waals surface area contributed by atoms with Crippen LogP contribution in [0.25, 0.3) is 5.65 Å². The molecular formula is C18H13F3N4O. The Kier molecular flexibility index (Phi) is 4.54. The summed E-state index contributed by atoms with van der Waals surface area (Å²) in [6, 6.07) is 9.37. The van der Waals surface area contributed by atoms with Gasteiger partial charge in [-0.05, 0) is 36.3 Å². The first-order valence-corrected chi connectivity index (χ1v) is 7.53. The second-order valence-corrected chi connectivity index (χ2v) is 5.38. The molecule has 0 saturated carbocycles. The van der Waals surface area contributed by atoms with Crippen LogP contribution in [0.4, 0.5) is 18.0 Å². The molecule has 0 unspecified atom stereocenters. The van der Waals surface area contributed by atoms with Crippen molar-refractivity contribution in [3.63, 3.8) is 0 Å². The molecule has 3 N–H and O–H groups in total. The fraction of sp³-hybridized carbons (Fsp3) is 0.111. The highest BCUT2D eigenvalue weighted by Gasteiger charge is 2.30. The van der Waals surface area contributed by atoms with E-state index in [9.17, 15) is 18.0 Å². The van der Waals surface area contributed by atoms with Gasteiger partial charge < -0.3 is 11.1 Å². The van der Waals surface area contributed by atoms with E-state index < -0.39 is 17.8 Å². The molecule has 1 aromatic carbocycles. The van der Waals surface area contributed by atoms with Crippen molar-refractivity contribution in [3.05, 3.63) is 71.2 Å². The third kappa shape index (κ3) is 3.78. The summed E-state index contributed by atoms with van der Waals surface area (Å²) in [5, 5.41) is 2.44. The predicted molar refractivity (Wildman–Crippen MR) is 89.0 cm³/mol. The van der Waals surface area contributed by atoms with Crippen LogP contribution in [0.3, 0.4) is 0 Å². The number of pyridine rings is 1. The van der Waals surface area contributed by atoms with Crippen molar-refractivity contribution in [2.24, 2.45) is 5.73 Å². The van der Waals surface area contributed by atoms with Gasteiger partial charge in [0.25, 0.3) is 0 Å². The molecule has 26 heavy (non-hydrogen) atoms. The highest BCUT2D eigenvalue weighted by molar-refractivity contribution is 5.71. The van der Waals surface area contributed by atoms with Gasteiger partial charge in [0.05, 0.1) is 17.8 Å². The standard InChI is InChI=1S/C18H13F3N4O/c19-18(20,21)13-5-3-4-12(10-13)7-8-15-14(11-23-17(22)26)24-16-6-1-2-9-25(15)16/h1-6,9-10H,11H2,(H3,22,23,26). The lowest BCUT2D eigenvalue weighted by atomic mass is 10.1. The summed E-state index contributed by atoms with van der Waals surface area (Å²) in [6.45, 7) is 0.0591. The van der Waals surface area contributed by atoms with Crippen LogP contribution in [0, 0.1) is 11.8 Å². The number of amides is 2. The van der Waals surface area contributed by atoms with Gasteiger partial charge in [-0.2, -0.15) is 13.2 Å². The van der Waals surface area contributed by atoms with Crippen molar-refractivity contribution < 1.29 is 18.0 Å². The number of nitrogens with one attached hydrogen (secondary N) is 1.